The molecule has 2 amide bonds. The van der Waals surface area contributed by atoms with Gasteiger partial charge in [0, 0.05) is 25.3 Å². The summed E-state index contributed by atoms with van der Waals surface area (Å²) in [5.74, 6) is -0.860. The number of ether oxygens (including phenoxy) is 1. The standard InChI is InChI=1S/C27H29N3O3/c1-19-7-12-25(33-2)24(17-19)29-27(32)26(31)28-15-13-20-8-10-23(11-9-20)30-16-14-21-5-3-4-6-22(21)18-30/h3-12,17H,13-16,18H2,1-2H3,(H,28,31)(H,29,32). The quantitative estimate of drug-likeness (QED) is 0.568. The number of hydrogen-bond acceptors (Lipinski definition) is 4. The Morgan fingerprint density at radius 3 is 2.48 bits per heavy atom. The number of hydrogen-bond donors (Lipinski definition) is 2. The van der Waals surface area contributed by atoms with Crippen molar-refractivity contribution >= 4 is 23.2 Å². The van der Waals surface area contributed by atoms with Crippen molar-refractivity contribution in [3.05, 3.63) is 89.0 Å². The number of amides is 2. The molecule has 33 heavy (non-hydrogen) atoms. The van der Waals surface area contributed by atoms with E-state index < -0.39 is 11.8 Å². The number of nitrogens with zero attached hydrogens (tertiary/aromatic N) is 1. The fraction of sp³-hybridized carbons (Fsp3) is 0.259. The average molecular weight is 444 g/mol. The van der Waals surface area contributed by atoms with Crippen LogP contribution in [0.2, 0.25) is 0 Å². The summed E-state index contributed by atoms with van der Waals surface area (Å²) in [5, 5.41) is 5.31. The fourth-order valence-electron chi connectivity index (χ4n) is 4.09. The number of rotatable bonds is 6. The lowest BCUT2D eigenvalue weighted by atomic mass is 9.99. The second-order valence-corrected chi connectivity index (χ2v) is 8.27. The predicted octanol–water partition coefficient (Wildman–Crippen LogP) is 3.86. The van der Waals surface area contributed by atoms with Gasteiger partial charge in [-0.15, -0.1) is 0 Å². The molecule has 1 aliphatic rings. The minimum absolute atomic E-state index is 0.383. The predicted molar refractivity (Wildman–Crippen MR) is 131 cm³/mol. The molecule has 6 heteroatoms. The molecule has 3 aromatic carbocycles. The maximum atomic E-state index is 12.3. The Hall–Kier alpha value is -3.80. The maximum Gasteiger partial charge on any atom is 0.313 e. The van der Waals surface area contributed by atoms with Gasteiger partial charge in [-0.2, -0.15) is 0 Å². The molecule has 1 aliphatic heterocycles. The molecule has 0 spiro atoms. The Morgan fingerprint density at radius 2 is 1.73 bits per heavy atom. The van der Waals surface area contributed by atoms with E-state index in [1.54, 1.807) is 12.1 Å². The zero-order valence-corrected chi connectivity index (χ0v) is 19.1. The van der Waals surface area contributed by atoms with Crippen molar-refractivity contribution < 1.29 is 14.3 Å². The van der Waals surface area contributed by atoms with Crippen molar-refractivity contribution in [2.24, 2.45) is 0 Å². The molecule has 0 atom stereocenters. The van der Waals surface area contributed by atoms with Gasteiger partial charge in [-0.1, -0.05) is 42.5 Å². The van der Waals surface area contributed by atoms with Crippen molar-refractivity contribution in [3.63, 3.8) is 0 Å². The number of fused-ring (bicyclic) bond motifs is 1. The van der Waals surface area contributed by atoms with Crippen LogP contribution in [-0.2, 0) is 29.0 Å². The summed E-state index contributed by atoms with van der Waals surface area (Å²) in [6.07, 6.45) is 1.70. The molecule has 170 valence electrons. The van der Waals surface area contributed by atoms with Crippen LogP contribution in [0.25, 0.3) is 0 Å². The first-order valence-electron chi connectivity index (χ1n) is 11.2. The van der Waals surface area contributed by atoms with Gasteiger partial charge in [-0.05, 0) is 66.3 Å². The van der Waals surface area contributed by atoms with Gasteiger partial charge >= 0.3 is 11.8 Å². The van der Waals surface area contributed by atoms with Gasteiger partial charge in [0.05, 0.1) is 12.8 Å². The number of nitrogens with one attached hydrogen (secondary N) is 2. The summed E-state index contributed by atoms with van der Waals surface area (Å²) >= 11 is 0. The number of benzene rings is 3. The number of carbonyl (C=O) groups excluding carboxylic acids is 2. The van der Waals surface area contributed by atoms with Gasteiger partial charge in [0.1, 0.15) is 5.75 Å². The third-order valence-electron chi connectivity index (χ3n) is 5.94. The van der Waals surface area contributed by atoms with Gasteiger partial charge in [0.25, 0.3) is 0 Å². The highest BCUT2D eigenvalue weighted by atomic mass is 16.5. The largest absolute Gasteiger partial charge is 0.495 e. The van der Waals surface area contributed by atoms with Gasteiger partial charge in [-0.25, -0.2) is 0 Å². The third kappa shape index (κ3) is 5.52. The molecule has 0 aliphatic carbocycles. The molecule has 0 aromatic heterocycles. The Balaban J connectivity index is 1.26. The van der Waals surface area contributed by atoms with Crippen LogP contribution in [0.15, 0.2) is 66.7 Å². The van der Waals surface area contributed by atoms with Crippen molar-refractivity contribution in [1.29, 1.82) is 0 Å². The number of carbonyl (C=O) groups is 2. The third-order valence-corrected chi connectivity index (χ3v) is 5.94. The van der Waals surface area contributed by atoms with Gasteiger partial charge in [0.2, 0.25) is 0 Å². The van der Waals surface area contributed by atoms with E-state index in [0.29, 0.717) is 24.4 Å². The molecule has 3 aromatic rings. The molecule has 0 radical (unpaired) electrons. The Labute approximate surface area is 194 Å². The molecule has 1 heterocycles. The van der Waals surface area contributed by atoms with Crippen molar-refractivity contribution in [2.45, 2.75) is 26.3 Å². The lowest BCUT2D eigenvalue weighted by Gasteiger charge is -2.30. The second kappa shape index (κ2) is 10.2. The van der Waals surface area contributed by atoms with Gasteiger partial charge < -0.3 is 20.3 Å². The van der Waals surface area contributed by atoms with Gasteiger partial charge in [0.15, 0.2) is 0 Å². The normalized spacial score (nSPS) is 12.6. The SMILES string of the molecule is COc1ccc(C)cc1NC(=O)C(=O)NCCc1ccc(N2CCc3ccccc3C2)cc1. The van der Waals surface area contributed by atoms with E-state index >= 15 is 0 Å². The number of methoxy groups -OCH3 is 1. The second-order valence-electron chi connectivity index (χ2n) is 8.27. The summed E-state index contributed by atoms with van der Waals surface area (Å²) in [6, 6.07) is 22.4. The van der Waals surface area contributed by atoms with E-state index in [1.807, 2.05) is 13.0 Å². The summed E-state index contributed by atoms with van der Waals surface area (Å²) in [7, 11) is 1.52. The molecule has 0 unspecified atom stereocenters. The van der Waals surface area contributed by atoms with Crippen LogP contribution < -0.4 is 20.3 Å². The first-order valence-corrected chi connectivity index (χ1v) is 11.2. The molecule has 2 N–H and O–H groups in total. The summed E-state index contributed by atoms with van der Waals surface area (Å²) < 4.78 is 5.24. The lowest BCUT2D eigenvalue weighted by Crippen LogP contribution is -2.36. The average Bonchev–Trinajstić information content (AvgIpc) is 2.84. The van der Waals surface area contributed by atoms with Gasteiger partial charge in [-0.3, -0.25) is 9.59 Å². The zero-order chi connectivity index (χ0) is 23.2. The highest BCUT2D eigenvalue weighted by Gasteiger charge is 2.17. The van der Waals surface area contributed by atoms with Crippen molar-refractivity contribution in [3.8, 4) is 5.75 Å². The first-order chi connectivity index (χ1) is 16.0. The van der Waals surface area contributed by atoms with Crippen LogP contribution in [0.1, 0.15) is 22.3 Å². The first kappa shape index (κ1) is 22.4. The van der Waals surface area contributed by atoms with Crippen LogP contribution in [0, 0.1) is 6.92 Å². The fourth-order valence-corrected chi connectivity index (χ4v) is 4.09. The zero-order valence-electron chi connectivity index (χ0n) is 19.1. The van der Waals surface area contributed by atoms with Crippen LogP contribution in [-0.4, -0.2) is 32.0 Å². The van der Waals surface area contributed by atoms with Crippen LogP contribution in [0.4, 0.5) is 11.4 Å². The van der Waals surface area contributed by atoms with Crippen molar-refractivity contribution in [2.75, 3.05) is 30.4 Å². The smallest absolute Gasteiger partial charge is 0.313 e. The molecular weight excluding hydrogens is 414 g/mol. The van der Waals surface area contributed by atoms with Crippen LogP contribution >= 0.6 is 0 Å². The Morgan fingerprint density at radius 1 is 0.970 bits per heavy atom. The maximum absolute atomic E-state index is 12.3. The number of aryl methyl sites for hydroxylation is 1. The molecule has 0 bridgehead atoms. The summed E-state index contributed by atoms with van der Waals surface area (Å²) in [6.45, 7) is 4.22. The molecule has 0 saturated heterocycles. The minimum atomic E-state index is -0.709. The summed E-state index contributed by atoms with van der Waals surface area (Å²) in [4.78, 5) is 26.9. The highest BCUT2D eigenvalue weighted by molar-refractivity contribution is 6.39. The van der Waals surface area contributed by atoms with E-state index in [9.17, 15) is 9.59 Å². The molecular formula is C27H29N3O3. The molecule has 6 nitrogen and oxygen atoms in total. The lowest BCUT2D eigenvalue weighted by molar-refractivity contribution is -0.136. The van der Waals surface area contributed by atoms with Crippen LogP contribution in [0.5, 0.6) is 5.75 Å². The molecule has 0 fully saturated rings. The highest BCUT2D eigenvalue weighted by Crippen LogP contribution is 2.26. The minimum Gasteiger partial charge on any atom is -0.495 e. The molecule has 0 saturated carbocycles. The van der Waals surface area contributed by atoms with E-state index in [4.69, 9.17) is 4.74 Å². The molecule has 4 rings (SSSR count). The van der Waals surface area contributed by atoms with E-state index in [2.05, 4.69) is 64.1 Å². The monoisotopic (exact) mass is 443 g/mol. The van der Waals surface area contributed by atoms with E-state index in [-0.39, 0.29) is 0 Å². The van der Waals surface area contributed by atoms with E-state index in [0.717, 1.165) is 30.6 Å². The van der Waals surface area contributed by atoms with E-state index in [1.165, 1.54) is 23.9 Å². The van der Waals surface area contributed by atoms with Crippen LogP contribution in [0.3, 0.4) is 0 Å². The van der Waals surface area contributed by atoms with Crippen molar-refractivity contribution in [1.82, 2.24) is 5.32 Å². The topological polar surface area (TPSA) is 70.7 Å². The Kier molecular flexibility index (Phi) is 6.93. The number of anilines is 2. The Bertz CT molecular complexity index is 1140. The summed E-state index contributed by atoms with van der Waals surface area (Å²) in [5.41, 5.74) is 6.57.